The number of carboxylic acids is 1. The lowest BCUT2D eigenvalue weighted by atomic mass is 10.1. The first kappa shape index (κ1) is 17.5. The van der Waals surface area contributed by atoms with Crippen LogP contribution in [0.3, 0.4) is 0 Å². The molecule has 0 amide bonds. The molecule has 1 aromatic carbocycles. The zero-order chi connectivity index (χ0) is 15.3. The number of hydrogen-bond donors (Lipinski definition) is 1. The lowest BCUT2D eigenvalue weighted by Crippen LogP contribution is -2.07. The molecular formula is C16H24O5. The van der Waals surface area contributed by atoms with E-state index in [0.29, 0.717) is 19.8 Å². The zero-order valence-electron chi connectivity index (χ0n) is 12.5. The van der Waals surface area contributed by atoms with Crippen LogP contribution in [0.5, 0.6) is 5.75 Å². The van der Waals surface area contributed by atoms with Crippen molar-refractivity contribution in [1.29, 1.82) is 0 Å². The van der Waals surface area contributed by atoms with Gasteiger partial charge in [0.05, 0.1) is 26.2 Å². The average molecular weight is 296 g/mol. The second-order valence-electron chi connectivity index (χ2n) is 4.61. The van der Waals surface area contributed by atoms with E-state index >= 15 is 0 Å². The van der Waals surface area contributed by atoms with E-state index in [9.17, 15) is 4.79 Å². The van der Waals surface area contributed by atoms with E-state index in [1.165, 1.54) is 0 Å². The molecule has 0 fully saturated rings. The van der Waals surface area contributed by atoms with Crippen LogP contribution in [-0.2, 0) is 20.7 Å². The average Bonchev–Trinajstić information content (AvgIpc) is 2.47. The Kier molecular flexibility index (Phi) is 9.24. The highest BCUT2D eigenvalue weighted by molar-refractivity contribution is 5.66. The topological polar surface area (TPSA) is 65.0 Å². The molecule has 0 heterocycles. The van der Waals surface area contributed by atoms with E-state index in [1.54, 1.807) is 0 Å². The van der Waals surface area contributed by atoms with E-state index < -0.39 is 5.97 Å². The smallest absolute Gasteiger partial charge is 0.305 e. The predicted molar refractivity (Wildman–Crippen MR) is 79.8 cm³/mol. The van der Waals surface area contributed by atoms with Gasteiger partial charge in [0, 0.05) is 6.61 Å². The van der Waals surface area contributed by atoms with Gasteiger partial charge in [-0.1, -0.05) is 19.1 Å². The lowest BCUT2D eigenvalue weighted by Gasteiger charge is -2.08. The second-order valence-corrected chi connectivity index (χ2v) is 4.61. The Morgan fingerprint density at radius 1 is 1.10 bits per heavy atom. The number of hydrogen-bond acceptors (Lipinski definition) is 4. The molecule has 0 aliphatic heterocycles. The van der Waals surface area contributed by atoms with Gasteiger partial charge in [0.2, 0.25) is 0 Å². The third-order valence-electron chi connectivity index (χ3n) is 2.74. The van der Waals surface area contributed by atoms with Gasteiger partial charge in [0.15, 0.2) is 0 Å². The van der Waals surface area contributed by atoms with Crippen molar-refractivity contribution in [2.45, 2.75) is 26.2 Å². The van der Waals surface area contributed by atoms with E-state index in [0.717, 1.165) is 30.8 Å². The van der Waals surface area contributed by atoms with Crippen molar-refractivity contribution in [3.63, 3.8) is 0 Å². The molecule has 0 bridgehead atoms. The molecule has 118 valence electrons. The summed E-state index contributed by atoms with van der Waals surface area (Å²) in [6.07, 6.45) is 1.79. The second kappa shape index (κ2) is 11.1. The van der Waals surface area contributed by atoms with Crippen LogP contribution < -0.4 is 4.74 Å². The number of carbonyl (C=O) groups is 1. The first-order valence-electron chi connectivity index (χ1n) is 7.31. The third kappa shape index (κ3) is 9.05. The van der Waals surface area contributed by atoms with Crippen molar-refractivity contribution in [1.82, 2.24) is 0 Å². The Hall–Kier alpha value is -1.59. The van der Waals surface area contributed by atoms with Crippen LogP contribution in [0.25, 0.3) is 0 Å². The fourth-order valence-corrected chi connectivity index (χ4v) is 1.71. The maximum absolute atomic E-state index is 10.3. The Bertz CT molecular complexity index is 405. The Labute approximate surface area is 125 Å². The number of ether oxygens (including phenoxy) is 3. The van der Waals surface area contributed by atoms with Crippen LogP contribution in [0.4, 0.5) is 0 Å². The largest absolute Gasteiger partial charge is 0.491 e. The molecule has 0 aliphatic rings. The summed E-state index contributed by atoms with van der Waals surface area (Å²) in [5, 5.41) is 8.50. The Morgan fingerprint density at radius 2 is 1.90 bits per heavy atom. The van der Waals surface area contributed by atoms with Crippen molar-refractivity contribution < 1.29 is 24.1 Å². The number of carboxylic acid groups (broad SMARTS) is 1. The van der Waals surface area contributed by atoms with Crippen LogP contribution in [-0.4, -0.2) is 44.1 Å². The number of benzene rings is 1. The zero-order valence-corrected chi connectivity index (χ0v) is 12.5. The van der Waals surface area contributed by atoms with Gasteiger partial charge in [-0.3, -0.25) is 4.79 Å². The molecular weight excluding hydrogens is 272 g/mol. The number of aliphatic carboxylic acids is 1. The molecule has 0 spiro atoms. The molecule has 5 heteroatoms. The normalized spacial score (nSPS) is 10.5. The van der Waals surface area contributed by atoms with Gasteiger partial charge in [0.25, 0.3) is 0 Å². The minimum absolute atomic E-state index is 0.0426. The minimum Gasteiger partial charge on any atom is -0.491 e. The summed E-state index contributed by atoms with van der Waals surface area (Å²) in [6, 6.07) is 7.82. The summed E-state index contributed by atoms with van der Waals surface area (Å²) in [6.45, 7) is 4.73. The molecule has 0 aromatic heterocycles. The maximum Gasteiger partial charge on any atom is 0.305 e. The van der Waals surface area contributed by atoms with Crippen molar-refractivity contribution >= 4 is 5.97 Å². The quantitative estimate of drug-likeness (QED) is 0.600. The van der Waals surface area contributed by atoms with Gasteiger partial charge in [0.1, 0.15) is 12.4 Å². The van der Waals surface area contributed by atoms with Crippen LogP contribution >= 0.6 is 0 Å². The molecule has 0 saturated heterocycles. The molecule has 1 aromatic rings. The highest BCUT2D eigenvalue weighted by Gasteiger charge is 2.00. The van der Waals surface area contributed by atoms with Crippen LogP contribution in [0, 0.1) is 0 Å². The van der Waals surface area contributed by atoms with Crippen LogP contribution in [0.15, 0.2) is 24.3 Å². The standard InChI is InChI=1S/C16H24O5/c1-2-8-19-11-12-21-15-5-3-4-14(13-15)6-9-20-10-7-16(17)18/h3-5,13H,2,6-12H2,1H3,(H,17,18). The van der Waals surface area contributed by atoms with Gasteiger partial charge in [-0.2, -0.15) is 0 Å². The summed E-state index contributed by atoms with van der Waals surface area (Å²) in [5.74, 6) is -0.0196. The van der Waals surface area contributed by atoms with Gasteiger partial charge in [-0.15, -0.1) is 0 Å². The third-order valence-corrected chi connectivity index (χ3v) is 2.74. The molecule has 1 rings (SSSR count). The summed E-state index contributed by atoms with van der Waals surface area (Å²) < 4.78 is 16.2. The van der Waals surface area contributed by atoms with Gasteiger partial charge >= 0.3 is 5.97 Å². The molecule has 5 nitrogen and oxygen atoms in total. The van der Waals surface area contributed by atoms with Gasteiger partial charge < -0.3 is 19.3 Å². The molecule has 0 atom stereocenters. The Balaban J connectivity index is 2.20. The fourth-order valence-electron chi connectivity index (χ4n) is 1.71. The van der Waals surface area contributed by atoms with Gasteiger partial charge in [-0.25, -0.2) is 0 Å². The number of rotatable bonds is 12. The lowest BCUT2D eigenvalue weighted by molar-refractivity contribution is -0.138. The highest BCUT2D eigenvalue weighted by atomic mass is 16.5. The van der Waals surface area contributed by atoms with Crippen LogP contribution in [0.1, 0.15) is 25.3 Å². The van der Waals surface area contributed by atoms with Crippen LogP contribution in [0.2, 0.25) is 0 Å². The van der Waals surface area contributed by atoms with E-state index in [4.69, 9.17) is 19.3 Å². The summed E-state index contributed by atoms with van der Waals surface area (Å²) in [7, 11) is 0. The van der Waals surface area contributed by atoms with E-state index in [2.05, 4.69) is 6.92 Å². The summed E-state index contributed by atoms with van der Waals surface area (Å²) in [5.41, 5.74) is 1.11. The minimum atomic E-state index is -0.837. The predicted octanol–water partition coefficient (Wildman–Crippen LogP) is 2.53. The molecule has 0 saturated carbocycles. The SMILES string of the molecule is CCCOCCOc1cccc(CCOCCC(=O)O)c1. The van der Waals surface area contributed by atoms with Crippen molar-refractivity contribution in [2.24, 2.45) is 0 Å². The monoisotopic (exact) mass is 296 g/mol. The fraction of sp³-hybridized carbons (Fsp3) is 0.562. The first-order chi connectivity index (χ1) is 10.2. The van der Waals surface area contributed by atoms with E-state index in [-0.39, 0.29) is 13.0 Å². The molecule has 21 heavy (non-hydrogen) atoms. The highest BCUT2D eigenvalue weighted by Crippen LogP contribution is 2.13. The van der Waals surface area contributed by atoms with E-state index in [1.807, 2.05) is 24.3 Å². The van der Waals surface area contributed by atoms with Gasteiger partial charge in [-0.05, 0) is 30.5 Å². The molecule has 0 aliphatic carbocycles. The molecule has 0 unspecified atom stereocenters. The Morgan fingerprint density at radius 3 is 2.67 bits per heavy atom. The summed E-state index contributed by atoms with van der Waals surface area (Å²) >= 11 is 0. The maximum atomic E-state index is 10.3. The molecule has 1 N–H and O–H groups in total. The summed E-state index contributed by atoms with van der Waals surface area (Å²) in [4.78, 5) is 10.3. The van der Waals surface area contributed by atoms with Crippen molar-refractivity contribution in [2.75, 3.05) is 33.0 Å². The van der Waals surface area contributed by atoms with Crippen molar-refractivity contribution in [3.05, 3.63) is 29.8 Å². The first-order valence-corrected chi connectivity index (χ1v) is 7.31. The van der Waals surface area contributed by atoms with Crippen molar-refractivity contribution in [3.8, 4) is 5.75 Å². The molecule has 0 radical (unpaired) electrons.